The molecule has 0 spiro atoms. The van der Waals surface area contributed by atoms with E-state index in [-0.39, 0.29) is 20.6 Å². The van der Waals surface area contributed by atoms with Crippen LogP contribution in [0.2, 0.25) is 0 Å². The van der Waals surface area contributed by atoms with Gasteiger partial charge in [0.1, 0.15) is 0 Å². The molecular weight excluding hydrogens is 418 g/mol. The summed E-state index contributed by atoms with van der Waals surface area (Å²) in [7, 11) is -4.24. The Labute approximate surface area is 171 Å². The summed E-state index contributed by atoms with van der Waals surface area (Å²) in [5.41, 5.74) is 0. The van der Waals surface area contributed by atoms with Crippen LogP contribution in [0.1, 0.15) is 83.1 Å². The van der Waals surface area contributed by atoms with Crippen molar-refractivity contribution in [1.82, 2.24) is 0 Å². The maximum Gasteiger partial charge on any atom is 0.409 e. The molecule has 0 radical (unpaired) electrons. The highest BCUT2D eigenvalue weighted by Crippen LogP contribution is 3.18. The van der Waals surface area contributed by atoms with E-state index in [0.29, 0.717) is 0 Å². The predicted molar refractivity (Wildman–Crippen MR) is 128 cm³/mol. The summed E-state index contributed by atoms with van der Waals surface area (Å²) in [5, 5.41) is -0.396. The highest BCUT2D eigenvalue weighted by atomic mass is 35.5. The van der Waals surface area contributed by atoms with Crippen LogP contribution in [0.3, 0.4) is 0 Å². The molecule has 1 rings (SSSR count). The smallest absolute Gasteiger partial charge is 0.276 e. The molecule has 0 aromatic heterocycles. The Morgan fingerprint density at radius 3 is 0.625 bits per heavy atom. The standard InChI is InChI=1S/C16H36B2Cl4P2/c1-13(2,3)23(14(4,5)6)17(19,20)24(15(7,8)9,16(10,11)12)18(23,21)22/h1-12H3. The van der Waals surface area contributed by atoms with Crippen molar-refractivity contribution in [3.05, 3.63) is 0 Å². The third kappa shape index (κ3) is 2.35. The Morgan fingerprint density at radius 1 is 0.417 bits per heavy atom. The van der Waals surface area contributed by atoms with Gasteiger partial charge in [-0.3, -0.25) is 45.8 Å². The van der Waals surface area contributed by atoms with Gasteiger partial charge in [-0.25, -0.2) is 0 Å². The molecule has 0 atom stereocenters. The molecule has 0 N–H and O–H groups in total. The lowest BCUT2D eigenvalue weighted by Gasteiger charge is -2.86. The van der Waals surface area contributed by atoms with E-state index in [0.717, 1.165) is 0 Å². The maximum absolute atomic E-state index is 7.55. The molecule has 1 aliphatic heterocycles. The van der Waals surface area contributed by atoms with Gasteiger partial charge < -0.3 is 0 Å². The van der Waals surface area contributed by atoms with Crippen LogP contribution in [0.4, 0.5) is 0 Å². The van der Waals surface area contributed by atoms with Gasteiger partial charge in [-0.05, 0) is 83.1 Å². The van der Waals surface area contributed by atoms with Crippen LogP contribution in [0.15, 0.2) is 0 Å². The number of hydrogen-bond donors (Lipinski definition) is 0. The van der Waals surface area contributed by atoms with Gasteiger partial charge in [-0.2, -0.15) is 14.0 Å². The summed E-state index contributed by atoms with van der Waals surface area (Å²) < 4.78 is -3.42. The van der Waals surface area contributed by atoms with E-state index in [1.165, 1.54) is 0 Å². The van der Waals surface area contributed by atoms with Crippen LogP contribution < -0.4 is 0 Å². The SMILES string of the molecule is CC(C)(C)[P+]1(C(C)(C)C)[B-](Cl)(Cl)[P+](C(C)(C)C)(C(C)(C)C)[B-]1(Cl)Cl. The van der Waals surface area contributed by atoms with Crippen molar-refractivity contribution in [3.8, 4) is 0 Å². The summed E-state index contributed by atoms with van der Waals surface area (Å²) in [6.07, 6.45) is 0. The number of rotatable bonds is 0. The van der Waals surface area contributed by atoms with E-state index >= 15 is 0 Å². The van der Waals surface area contributed by atoms with E-state index < -0.39 is 22.9 Å². The molecule has 0 unspecified atom stereocenters. The topological polar surface area (TPSA) is 0 Å². The van der Waals surface area contributed by atoms with Gasteiger partial charge in [-0.15, -0.1) is 0 Å². The fraction of sp³-hybridized carbons (Fsp3) is 1.00. The van der Waals surface area contributed by atoms with Crippen molar-refractivity contribution in [3.63, 3.8) is 0 Å². The first-order valence-corrected chi connectivity index (χ1v) is 14.4. The molecule has 1 fully saturated rings. The van der Waals surface area contributed by atoms with Gasteiger partial charge in [0.05, 0.1) is 0 Å². The van der Waals surface area contributed by atoms with Crippen molar-refractivity contribution in [2.45, 2.75) is 104 Å². The largest absolute Gasteiger partial charge is 0.409 e. The lowest BCUT2D eigenvalue weighted by molar-refractivity contribution is 0.699. The quantitative estimate of drug-likeness (QED) is 0.253. The van der Waals surface area contributed by atoms with Crippen molar-refractivity contribution >= 4 is 68.7 Å². The molecule has 0 aromatic rings. The minimum atomic E-state index is -2.12. The highest BCUT2D eigenvalue weighted by Gasteiger charge is 2.96. The first kappa shape index (κ1) is 24.2. The van der Waals surface area contributed by atoms with Crippen LogP contribution in [-0.2, 0) is 0 Å². The summed E-state index contributed by atoms with van der Waals surface area (Å²) in [5.74, 6) is 0. The fourth-order valence-electron chi connectivity index (χ4n) is 6.68. The average Bonchev–Trinajstić information content (AvgIpc) is 2.01. The number of hydrogen-bond acceptors (Lipinski definition) is 0. The Hall–Kier alpha value is 2.15. The zero-order valence-corrected chi connectivity index (χ0v) is 22.4. The average molecular weight is 454 g/mol. The zero-order valence-electron chi connectivity index (χ0n) is 17.6. The monoisotopic (exact) mass is 452 g/mol. The van der Waals surface area contributed by atoms with Crippen LogP contribution in [0.25, 0.3) is 0 Å². The second-order valence-corrected chi connectivity index (χ2v) is 29.3. The molecule has 0 amide bonds. The zero-order chi connectivity index (χ0) is 20.0. The third-order valence-electron chi connectivity index (χ3n) is 6.40. The number of halogens is 4. The molecule has 144 valence electrons. The summed E-state index contributed by atoms with van der Waals surface area (Å²) in [6.45, 7) is 26.9. The minimum Gasteiger partial charge on any atom is -0.276 e. The molecule has 1 aliphatic rings. The predicted octanol–water partition coefficient (Wildman–Crippen LogP) is 9.06. The fourth-order valence-corrected chi connectivity index (χ4v) is 54.7. The van der Waals surface area contributed by atoms with E-state index in [4.69, 9.17) is 45.8 Å². The molecule has 0 aromatic carbocycles. The Kier molecular flexibility index (Phi) is 5.88. The Balaban J connectivity index is 4.09. The van der Waals surface area contributed by atoms with Crippen molar-refractivity contribution in [1.29, 1.82) is 0 Å². The summed E-state index contributed by atoms with van der Waals surface area (Å²) in [4.78, 5) is 0. The van der Waals surface area contributed by atoms with Gasteiger partial charge in [0, 0.05) is 20.6 Å². The maximum atomic E-state index is 7.55. The molecule has 0 bridgehead atoms. The summed E-state index contributed by atoms with van der Waals surface area (Å²) in [6, 6.07) is 0. The van der Waals surface area contributed by atoms with Gasteiger partial charge >= 0.3 is 8.83 Å². The minimum absolute atomic E-state index is 0.0990. The highest BCUT2D eigenvalue weighted by molar-refractivity contribution is 8.89. The summed E-state index contributed by atoms with van der Waals surface area (Å²) >= 11 is 30.2. The molecule has 0 aliphatic carbocycles. The van der Waals surface area contributed by atoms with Gasteiger partial charge in [0.2, 0.25) is 0 Å². The molecule has 1 saturated heterocycles. The normalized spacial score (nSPS) is 26.0. The van der Waals surface area contributed by atoms with Gasteiger partial charge in [0.15, 0.2) is 0 Å². The van der Waals surface area contributed by atoms with Crippen molar-refractivity contribution < 1.29 is 0 Å². The second-order valence-electron chi connectivity index (χ2n) is 11.4. The molecular formula is C16H36B2Cl4P2. The van der Waals surface area contributed by atoms with Crippen molar-refractivity contribution in [2.24, 2.45) is 0 Å². The lowest BCUT2D eigenvalue weighted by Crippen LogP contribution is -2.74. The lowest BCUT2D eigenvalue weighted by atomic mass is 10.2. The molecule has 0 nitrogen and oxygen atoms in total. The van der Waals surface area contributed by atoms with Crippen LogP contribution in [0, 0.1) is 0 Å². The second kappa shape index (κ2) is 5.83. The Morgan fingerprint density at radius 2 is 0.542 bits per heavy atom. The van der Waals surface area contributed by atoms with E-state index in [9.17, 15) is 0 Å². The first-order chi connectivity index (χ1) is 10.0. The molecule has 24 heavy (non-hydrogen) atoms. The van der Waals surface area contributed by atoms with E-state index in [2.05, 4.69) is 83.1 Å². The van der Waals surface area contributed by atoms with Gasteiger partial charge in [-0.1, -0.05) is 0 Å². The van der Waals surface area contributed by atoms with E-state index in [1.807, 2.05) is 0 Å². The van der Waals surface area contributed by atoms with Crippen LogP contribution >= 0.6 is 59.9 Å². The van der Waals surface area contributed by atoms with E-state index in [1.54, 1.807) is 0 Å². The van der Waals surface area contributed by atoms with Gasteiger partial charge in [0.25, 0.3) is 0 Å². The molecule has 8 heteroatoms. The van der Waals surface area contributed by atoms with Crippen molar-refractivity contribution in [2.75, 3.05) is 0 Å². The third-order valence-corrected chi connectivity index (χ3v) is 31.0. The molecule has 1 heterocycles. The van der Waals surface area contributed by atoms with Crippen LogP contribution in [0.5, 0.6) is 0 Å². The van der Waals surface area contributed by atoms with Crippen LogP contribution in [-0.4, -0.2) is 29.5 Å². The Bertz CT molecular complexity index is 428. The molecule has 0 saturated carbocycles. The first-order valence-electron chi connectivity index (χ1n) is 8.80.